The summed E-state index contributed by atoms with van der Waals surface area (Å²) in [6.07, 6.45) is 1.70. The molecule has 0 aliphatic rings. The second-order valence-corrected chi connectivity index (χ2v) is 7.95. The van der Waals surface area contributed by atoms with E-state index in [2.05, 4.69) is 21.2 Å². The fraction of sp³-hybridized carbons (Fsp3) is 0.0714. The number of carbonyl (C=O) groups excluding carboxylic acids is 1. The molecule has 1 N–H and O–H groups in total. The van der Waals surface area contributed by atoms with E-state index in [1.54, 1.807) is 24.4 Å². The number of halogens is 1. The number of carbonyl (C=O) groups is 1. The largest absolute Gasteiger partial charge is 0.340 e. The summed E-state index contributed by atoms with van der Waals surface area (Å²) in [6.45, 7) is 2.64. The number of aromatic nitrogens is 1. The molecule has 5 rings (SSSR count). The lowest BCUT2D eigenvalue weighted by Gasteiger charge is -2.09. The molecule has 0 fully saturated rings. The molecule has 0 atom stereocenters. The van der Waals surface area contributed by atoms with E-state index in [1.807, 2.05) is 61.5 Å². The van der Waals surface area contributed by atoms with Gasteiger partial charge in [0.25, 0.3) is 5.91 Å². The van der Waals surface area contributed by atoms with Crippen molar-refractivity contribution in [2.45, 2.75) is 13.5 Å². The summed E-state index contributed by atoms with van der Waals surface area (Å²) >= 11 is 0. The monoisotopic (exact) mass is 435 g/mol. The standard InChI is InChI=1S/C28H22FN3O/c1-19-26(17-30-31-28(33)25-11-6-8-21-7-2-3-9-23(21)25)24-10-4-5-12-27(24)32(19)18-20-13-15-22(29)16-14-20/h2-17H,18H2,1H3,(H,31,33)/b30-17-. The van der Waals surface area contributed by atoms with Crippen molar-refractivity contribution in [3.63, 3.8) is 0 Å². The number of para-hydroxylation sites is 1. The summed E-state index contributed by atoms with van der Waals surface area (Å²) in [4.78, 5) is 12.8. The van der Waals surface area contributed by atoms with E-state index >= 15 is 0 Å². The first kappa shape index (κ1) is 20.6. The molecule has 33 heavy (non-hydrogen) atoms. The highest BCUT2D eigenvalue weighted by Gasteiger charge is 2.13. The first-order valence-electron chi connectivity index (χ1n) is 10.8. The van der Waals surface area contributed by atoms with Crippen LogP contribution in [0.4, 0.5) is 4.39 Å². The molecule has 1 aromatic heterocycles. The van der Waals surface area contributed by atoms with Gasteiger partial charge in [-0.1, -0.05) is 66.7 Å². The second kappa shape index (κ2) is 8.71. The fourth-order valence-electron chi connectivity index (χ4n) is 4.24. The van der Waals surface area contributed by atoms with Gasteiger partial charge in [0.2, 0.25) is 0 Å². The number of hydrazone groups is 1. The third-order valence-electron chi connectivity index (χ3n) is 5.93. The van der Waals surface area contributed by atoms with Gasteiger partial charge in [0, 0.05) is 34.3 Å². The molecule has 0 radical (unpaired) electrons. The molecule has 0 saturated heterocycles. The highest BCUT2D eigenvalue weighted by atomic mass is 19.1. The molecule has 162 valence electrons. The van der Waals surface area contributed by atoms with Crippen LogP contribution in [0.25, 0.3) is 21.7 Å². The van der Waals surface area contributed by atoms with Crippen LogP contribution in [0, 0.1) is 12.7 Å². The van der Waals surface area contributed by atoms with Gasteiger partial charge < -0.3 is 4.57 Å². The van der Waals surface area contributed by atoms with Crippen LogP contribution in [-0.2, 0) is 6.54 Å². The molecular weight excluding hydrogens is 413 g/mol. The average molecular weight is 436 g/mol. The van der Waals surface area contributed by atoms with E-state index in [-0.39, 0.29) is 11.7 Å². The number of amides is 1. The molecule has 0 aliphatic heterocycles. The van der Waals surface area contributed by atoms with Crippen LogP contribution in [0.3, 0.4) is 0 Å². The maximum absolute atomic E-state index is 13.3. The van der Waals surface area contributed by atoms with Gasteiger partial charge in [0.05, 0.1) is 6.21 Å². The molecule has 0 aliphatic carbocycles. The van der Waals surface area contributed by atoms with Crippen molar-refractivity contribution in [3.05, 3.63) is 119 Å². The van der Waals surface area contributed by atoms with Crippen molar-refractivity contribution in [2.75, 3.05) is 0 Å². The zero-order chi connectivity index (χ0) is 22.8. The van der Waals surface area contributed by atoms with E-state index < -0.39 is 0 Å². The minimum atomic E-state index is -0.254. The van der Waals surface area contributed by atoms with E-state index in [1.165, 1.54) is 12.1 Å². The zero-order valence-corrected chi connectivity index (χ0v) is 18.1. The Balaban J connectivity index is 1.44. The smallest absolute Gasteiger partial charge is 0.271 e. The Bertz CT molecular complexity index is 1490. The minimum absolute atomic E-state index is 0.248. The highest BCUT2D eigenvalue weighted by molar-refractivity contribution is 6.07. The zero-order valence-electron chi connectivity index (χ0n) is 18.1. The van der Waals surface area contributed by atoms with Gasteiger partial charge in [0.15, 0.2) is 0 Å². The van der Waals surface area contributed by atoms with Gasteiger partial charge in [-0.3, -0.25) is 4.79 Å². The van der Waals surface area contributed by atoms with Crippen LogP contribution in [0.5, 0.6) is 0 Å². The molecule has 0 bridgehead atoms. The quantitative estimate of drug-likeness (QED) is 0.265. The van der Waals surface area contributed by atoms with Crippen molar-refractivity contribution >= 4 is 33.8 Å². The normalized spacial score (nSPS) is 11.5. The Morgan fingerprint density at radius 1 is 0.909 bits per heavy atom. The number of nitrogens with zero attached hydrogens (tertiary/aromatic N) is 2. The number of nitrogens with one attached hydrogen (secondary N) is 1. The Labute approximate surface area is 191 Å². The maximum atomic E-state index is 13.3. The Morgan fingerprint density at radius 2 is 1.61 bits per heavy atom. The molecule has 4 aromatic carbocycles. The van der Waals surface area contributed by atoms with Gasteiger partial charge >= 0.3 is 0 Å². The topological polar surface area (TPSA) is 46.4 Å². The van der Waals surface area contributed by atoms with Crippen molar-refractivity contribution in [1.82, 2.24) is 9.99 Å². The SMILES string of the molecule is Cc1c(/C=N\NC(=O)c2cccc3ccccc23)c2ccccc2n1Cc1ccc(F)cc1. The van der Waals surface area contributed by atoms with Crippen LogP contribution in [-0.4, -0.2) is 16.7 Å². The molecule has 0 unspecified atom stereocenters. The van der Waals surface area contributed by atoms with Crippen LogP contribution >= 0.6 is 0 Å². The fourth-order valence-corrected chi connectivity index (χ4v) is 4.24. The lowest BCUT2D eigenvalue weighted by Crippen LogP contribution is -2.18. The van der Waals surface area contributed by atoms with Crippen molar-refractivity contribution in [2.24, 2.45) is 5.10 Å². The van der Waals surface area contributed by atoms with Gasteiger partial charge in [-0.2, -0.15) is 5.10 Å². The first-order chi connectivity index (χ1) is 16.1. The van der Waals surface area contributed by atoms with Crippen LogP contribution in [0.2, 0.25) is 0 Å². The summed E-state index contributed by atoms with van der Waals surface area (Å²) < 4.78 is 15.5. The second-order valence-electron chi connectivity index (χ2n) is 7.95. The van der Waals surface area contributed by atoms with Crippen LogP contribution < -0.4 is 5.43 Å². The summed E-state index contributed by atoms with van der Waals surface area (Å²) in [5.41, 5.74) is 7.28. The molecule has 0 saturated carbocycles. The third-order valence-corrected chi connectivity index (χ3v) is 5.93. The molecule has 1 heterocycles. The van der Waals surface area contributed by atoms with Crippen molar-refractivity contribution < 1.29 is 9.18 Å². The molecule has 1 amide bonds. The van der Waals surface area contributed by atoms with Crippen LogP contribution in [0.1, 0.15) is 27.2 Å². The lowest BCUT2D eigenvalue weighted by molar-refractivity contribution is 0.0957. The summed E-state index contributed by atoms with van der Waals surface area (Å²) in [7, 11) is 0. The third kappa shape index (κ3) is 4.01. The minimum Gasteiger partial charge on any atom is -0.340 e. The molecule has 5 heteroatoms. The number of hydrogen-bond donors (Lipinski definition) is 1. The predicted molar refractivity (Wildman–Crippen MR) is 131 cm³/mol. The van der Waals surface area contributed by atoms with Gasteiger partial charge in [0.1, 0.15) is 5.82 Å². The van der Waals surface area contributed by atoms with Crippen molar-refractivity contribution in [3.8, 4) is 0 Å². The predicted octanol–water partition coefficient (Wildman–Crippen LogP) is 6.05. The lowest BCUT2D eigenvalue weighted by atomic mass is 10.0. The van der Waals surface area contributed by atoms with Crippen LogP contribution in [0.15, 0.2) is 96.1 Å². The molecular formula is C28H22FN3O. The molecule has 5 aromatic rings. The average Bonchev–Trinajstić information content (AvgIpc) is 3.11. The summed E-state index contributed by atoms with van der Waals surface area (Å²) in [5.74, 6) is -0.502. The maximum Gasteiger partial charge on any atom is 0.271 e. The summed E-state index contributed by atoms with van der Waals surface area (Å²) in [6, 6.07) is 28.0. The molecule has 0 spiro atoms. The number of fused-ring (bicyclic) bond motifs is 2. The highest BCUT2D eigenvalue weighted by Crippen LogP contribution is 2.26. The summed E-state index contributed by atoms with van der Waals surface area (Å²) in [5, 5.41) is 7.22. The molecule has 4 nitrogen and oxygen atoms in total. The van der Waals surface area contributed by atoms with Crippen molar-refractivity contribution in [1.29, 1.82) is 0 Å². The van der Waals surface area contributed by atoms with Gasteiger partial charge in [-0.25, -0.2) is 9.82 Å². The van der Waals surface area contributed by atoms with Gasteiger partial charge in [-0.05, 0) is 47.5 Å². The first-order valence-corrected chi connectivity index (χ1v) is 10.8. The van der Waals surface area contributed by atoms with E-state index in [0.29, 0.717) is 12.1 Å². The number of hydrogen-bond acceptors (Lipinski definition) is 2. The number of benzene rings is 4. The Hall–Kier alpha value is -4.25. The number of rotatable bonds is 5. The van der Waals surface area contributed by atoms with E-state index in [0.717, 1.165) is 38.5 Å². The van der Waals surface area contributed by atoms with Gasteiger partial charge in [-0.15, -0.1) is 0 Å². The Kier molecular flexibility index (Phi) is 5.45. The van der Waals surface area contributed by atoms with E-state index in [9.17, 15) is 9.18 Å². The van der Waals surface area contributed by atoms with E-state index in [4.69, 9.17) is 0 Å². The Morgan fingerprint density at radius 3 is 2.42 bits per heavy atom.